The molecule has 0 atom stereocenters. The van der Waals surface area contributed by atoms with E-state index in [1.165, 1.54) is 18.7 Å². The van der Waals surface area contributed by atoms with Crippen molar-refractivity contribution in [2.75, 3.05) is 0 Å². The molecule has 0 aliphatic carbocycles. The second-order valence-electron chi connectivity index (χ2n) is 4.33. The molecule has 0 amide bonds. The van der Waals surface area contributed by atoms with Crippen LogP contribution in [-0.2, 0) is 6.54 Å². The van der Waals surface area contributed by atoms with E-state index in [0.717, 1.165) is 11.1 Å². The fourth-order valence-corrected chi connectivity index (χ4v) is 1.97. The molecule has 0 unspecified atom stereocenters. The zero-order valence-corrected chi connectivity index (χ0v) is 10.4. The van der Waals surface area contributed by atoms with Crippen LogP contribution in [0.1, 0.15) is 11.1 Å². The third kappa shape index (κ3) is 2.10. The minimum absolute atomic E-state index is 0.165. The van der Waals surface area contributed by atoms with Crippen molar-refractivity contribution in [3.63, 3.8) is 0 Å². The number of benzene rings is 1. The van der Waals surface area contributed by atoms with Crippen LogP contribution in [0.3, 0.4) is 0 Å². The Kier molecular flexibility index (Phi) is 2.79. The molecular weight excluding hydrogens is 240 g/mol. The average Bonchev–Trinajstić information content (AvgIpc) is 2.44. The molecule has 3 aromatic rings. The van der Waals surface area contributed by atoms with Gasteiger partial charge in [0.2, 0.25) is 0 Å². The molecule has 0 radical (unpaired) electrons. The standard InChI is InChI=1S/C14H12N4O/c1-10-4-2-3-5-11(10)8-18-9-17-13-12(14(18)19)15-6-7-16-13/h2-7,9H,8H2,1H3. The van der Waals surface area contributed by atoms with Gasteiger partial charge in [-0.3, -0.25) is 9.36 Å². The molecule has 2 heterocycles. The van der Waals surface area contributed by atoms with Gasteiger partial charge >= 0.3 is 0 Å². The highest BCUT2D eigenvalue weighted by Gasteiger charge is 2.06. The lowest BCUT2D eigenvalue weighted by atomic mass is 10.1. The van der Waals surface area contributed by atoms with E-state index in [9.17, 15) is 4.79 Å². The number of fused-ring (bicyclic) bond motifs is 1. The van der Waals surface area contributed by atoms with E-state index in [-0.39, 0.29) is 5.56 Å². The van der Waals surface area contributed by atoms with Crippen LogP contribution in [0.15, 0.2) is 47.8 Å². The highest BCUT2D eigenvalue weighted by Crippen LogP contribution is 2.08. The van der Waals surface area contributed by atoms with Crippen molar-refractivity contribution in [3.05, 3.63) is 64.5 Å². The fraction of sp³-hybridized carbons (Fsp3) is 0.143. The number of aromatic nitrogens is 4. The zero-order chi connectivity index (χ0) is 13.2. The highest BCUT2D eigenvalue weighted by atomic mass is 16.1. The largest absolute Gasteiger partial charge is 0.293 e. The maximum Gasteiger partial charge on any atom is 0.281 e. The number of hydrogen-bond acceptors (Lipinski definition) is 4. The van der Waals surface area contributed by atoms with Crippen molar-refractivity contribution < 1.29 is 0 Å². The van der Waals surface area contributed by atoms with Crippen molar-refractivity contribution in [2.45, 2.75) is 13.5 Å². The summed E-state index contributed by atoms with van der Waals surface area (Å²) >= 11 is 0. The van der Waals surface area contributed by atoms with Crippen molar-refractivity contribution >= 4 is 11.2 Å². The van der Waals surface area contributed by atoms with Gasteiger partial charge in [-0.1, -0.05) is 24.3 Å². The van der Waals surface area contributed by atoms with E-state index in [0.29, 0.717) is 17.7 Å². The van der Waals surface area contributed by atoms with Gasteiger partial charge in [-0.05, 0) is 18.1 Å². The Labute approximate surface area is 109 Å². The van der Waals surface area contributed by atoms with Gasteiger partial charge in [0.25, 0.3) is 5.56 Å². The van der Waals surface area contributed by atoms with Gasteiger partial charge in [0.05, 0.1) is 6.54 Å². The van der Waals surface area contributed by atoms with Crippen molar-refractivity contribution in [1.82, 2.24) is 19.5 Å². The number of aryl methyl sites for hydroxylation is 1. The first-order valence-electron chi connectivity index (χ1n) is 5.96. The third-order valence-electron chi connectivity index (χ3n) is 3.06. The molecule has 0 saturated heterocycles. The summed E-state index contributed by atoms with van der Waals surface area (Å²) in [6.45, 7) is 2.51. The molecule has 0 fully saturated rings. The number of hydrogen-bond donors (Lipinski definition) is 0. The molecule has 5 heteroatoms. The van der Waals surface area contributed by atoms with Crippen LogP contribution in [-0.4, -0.2) is 19.5 Å². The Bertz CT molecular complexity index is 795. The zero-order valence-electron chi connectivity index (χ0n) is 10.4. The second-order valence-corrected chi connectivity index (χ2v) is 4.33. The minimum atomic E-state index is -0.165. The van der Waals surface area contributed by atoms with Crippen molar-refractivity contribution in [1.29, 1.82) is 0 Å². The molecule has 1 aromatic carbocycles. The summed E-state index contributed by atoms with van der Waals surface area (Å²) in [6.07, 6.45) is 4.55. The molecule has 0 saturated carbocycles. The van der Waals surface area contributed by atoms with Crippen molar-refractivity contribution in [3.8, 4) is 0 Å². The summed E-state index contributed by atoms with van der Waals surface area (Å²) in [6, 6.07) is 7.96. The number of rotatable bonds is 2. The van der Waals surface area contributed by atoms with E-state index in [4.69, 9.17) is 0 Å². The van der Waals surface area contributed by atoms with E-state index in [1.807, 2.05) is 31.2 Å². The second kappa shape index (κ2) is 4.61. The van der Waals surface area contributed by atoms with Crippen LogP contribution in [0.2, 0.25) is 0 Å². The van der Waals surface area contributed by atoms with Gasteiger partial charge in [0, 0.05) is 12.4 Å². The monoisotopic (exact) mass is 252 g/mol. The molecule has 0 aliphatic heterocycles. The Morgan fingerprint density at radius 2 is 1.89 bits per heavy atom. The quantitative estimate of drug-likeness (QED) is 0.694. The van der Waals surface area contributed by atoms with E-state index >= 15 is 0 Å². The Morgan fingerprint density at radius 1 is 1.11 bits per heavy atom. The van der Waals surface area contributed by atoms with Gasteiger partial charge in [-0.2, -0.15) is 0 Å². The van der Waals surface area contributed by atoms with Gasteiger partial charge in [0.15, 0.2) is 11.2 Å². The van der Waals surface area contributed by atoms with Crippen LogP contribution < -0.4 is 5.56 Å². The Morgan fingerprint density at radius 3 is 2.74 bits per heavy atom. The Balaban J connectivity index is 2.10. The predicted molar refractivity (Wildman–Crippen MR) is 71.9 cm³/mol. The van der Waals surface area contributed by atoms with Gasteiger partial charge in [-0.15, -0.1) is 0 Å². The first-order valence-corrected chi connectivity index (χ1v) is 5.96. The normalized spacial score (nSPS) is 10.8. The Hall–Kier alpha value is -2.56. The lowest BCUT2D eigenvalue weighted by molar-refractivity contribution is 0.740. The first-order chi connectivity index (χ1) is 9.25. The average molecular weight is 252 g/mol. The van der Waals surface area contributed by atoms with Crippen LogP contribution in [0.25, 0.3) is 11.2 Å². The third-order valence-corrected chi connectivity index (χ3v) is 3.06. The summed E-state index contributed by atoms with van der Waals surface area (Å²) in [5, 5.41) is 0. The van der Waals surface area contributed by atoms with Crippen LogP contribution >= 0.6 is 0 Å². The van der Waals surface area contributed by atoms with Crippen LogP contribution in [0.4, 0.5) is 0 Å². The van der Waals surface area contributed by atoms with Crippen molar-refractivity contribution in [2.24, 2.45) is 0 Å². The topological polar surface area (TPSA) is 60.7 Å². The lowest BCUT2D eigenvalue weighted by Crippen LogP contribution is -2.22. The summed E-state index contributed by atoms with van der Waals surface area (Å²) in [5.41, 5.74) is 2.76. The summed E-state index contributed by atoms with van der Waals surface area (Å²) in [7, 11) is 0. The van der Waals surface area contributed by atoms with Gasteiger partial charge < -0.3 is 0 Å². The summed E-state index contributed by atoms with van der Waals surface area (Å²) in [4.78, 5) is 24.5. The maximum atomic E-state index is 12.3. The molecule has 0 spiro atoms. The smallest absolute Gasteiger partial charge is 0.281 e. The van der Waals surface area contributed by atoms with E-state index < -0.39 is 0 Å². The molecule has 0 N–H and O–H groups in total. The molecule has 5 nitrogen and oxygen atoms in total. The highest BCUT2D eigenvalue weighted by molar-refractivity contribution is 5.66. The molecule has 19 heavy (non-hydrogen) atoms. The number of nitrogens with zero attached hydrogens (tertiary/aromatic N) is 4. The minimum Gasteiger partial charge on any atom is -0.293 e. The summed E-state index contributed by atoms with van der Waals surface area (Å²) in [5.74, 6) is 0. The van der Waals surface area contributed by atoms with E-state index in [2.05, 4.69) is 15.0 Å². The van der Waals surface area contributed by atoms with Gasteiger partial charge in [-0.25, -0.2) is 15.0 Å². The first kappa shape index (κ1) is 11.5. The molecular formula is C14H12N4O. The SMILES string of the molecule is Cc1ccccc1Cn1cnc2nccnc2c1=O. The molecule has 0 aliphatic rings. The molecule has 2 aromatic heterocycles. The predicted octanol–water partition coefficient (Wildman–Crippen LogP) is 1.54. The lowest BCUT2D eigenvalue weighted by Gasteiger charge is -2.08. The van der Waals surface area contributed by atoms with Crippen LogP contribution in [0, 0.1) is 6.92 Å². The fourth-order valence-electron chi connectivity index (χ4n) is 1.97. The molecule has 0 bridgehead atoms. The summed E-state index contributed by atoms with van der Waals surface area (Å²) < 4.78 is 1.55. The maximum absolute atomic E-state index is 12.3. The van der Waals surface area contributed by atoms with Crippen LogP contribution in [0.5, 0.6) is 0 Å². The molecule has 3 rings (SSSR count). The molecule has 94 valence electrons. The van der Waals surface area contributed by atoms with E-state index in [1.54, 1.807) is 4.57 Å². The van der Waals surface area contributed by atoms with Gasteiger partial charge in [0.1, 0.15) is 6.33 Å².